The van der Waals surface area contributed by atoms with Gasteiger partial charge in [0.25, 0.3) is 5.91 Å². The van der Waals surface area contributed by atoms with Crippen molar-refractivity contribution >= 4 is 28.4 Å². The number of nitrogens with one attached hydrogen (secondary N) is 2. The number of nitrogens with zero attached hydrogens (tertiary/aromatic N) is 1. The number of rotatable bonds is 5. The summed E-state index contributed by atoms with van der Waals surface area (Å²) in [6.45, 7) is 4.44. The second kappa shape index (κ2) is 7.04. The molecule has 0 saturated heterocycles. The predicted octanol–water partition coefficient (Wildman–Crippen LogP) is 2.69. The fourth-order valence-electron chi connectivity index (χ4n) is 1.74. The van der Waals surface area contributed by atoms with Crippen LogP contribution in [0.5, 0.6) is 0 Å². The molecule has 2 aromatic rings. The fourth-order valence-corrected chi connectivity index (χ4v) is 2.61. The maximum atomic E-state index is 12.1. The van der Waals surface area contributed by atoms with Crippen LogP contribution in [0.2, 0.25) is 0 Å². The summed E-state index contributed by atoms with van der Waals surface area (Å²) in [5, 5.41) is 7.81. The zero-order valence-corrected chi connectivity index (χ0v) is 13.2. The second-order valence-electron chi connectivity index (χ2n) is 5.10. The number of benzene rings is 1. The van der Waals surface area contributed by atoms with E-state index in [9.17, 15) is 9.59 Å². The number of hydrogen-bond donors (Lipinski definition) is 3. The molecular formula is C15H18N4O2S. The first-order chi connectivity index (χ1) is 10.5. The third-order valence-electron chi connectivity index (χ3n) is 3.02. The minimum absolute atomic E-state index is 0.209. The van der Waals surface area contributed by atoms with E-state index >= 15 is 0 Å². The molecule has 6 nitrogen and oxygen atoms in total. The van der Waals surface area contributed by atoms with Crippen LogP contribution in [0, 0.1) is 0 Å². The van der Waals surface area contributed by atoms with Gasteiger partial charge in [-0.25, -0.2) is 9.78 Å². The summed E-state index contributed by atoms with van der Waals surface area (Å²) < 4.78 is 0. The van der Waals surface area contributed by atoms with E-state index in [1.54, 1.807) is 24.3 Å². The van der Waals surface area contributed by atoms with Crippen molar-refractivity contribution in [3.63, 3.8) is 0 Å². The van der Waals surface area contributed by atoms with Crippen molar-refractivity contribution in [1.29, 1.82) is 0 Å². The number of urea groups is 1. The minimum Gasteiger partial charge on any atom is -0.352 e. The molecule has 0 fully saturated rings. The van der Waals surface area contributed by atoms with Gasteiger partial charge in [0.1, 0.15) is 0 Å². The van der Waals surface area contributed by atoms with Gasteiger partial charge in [-0.3, -0.25) is 10.1 Å². The zero-order valence-electron chi connectivity index (χ0n) is 12.4. The molecule has 116 valence electrons. The molecule has 0 atom stereocenters. The van der Waals surface area contributed by atoms with Crippen LogP contribution < -0.4 is 16.4 Å². The van der Waals surface area contributed by atoms with Gasteiger partial charge in [0.05, 0.1) is 5.69 Å². The smallest absolute Gasteiger partial charge is 0.312 e. The van der Waals surface area contributed by atoms with Gasteiger partial charge in [-0.15, -0.1) is 11.3 Å². The molecule has 0 spiro atoms. The number of hydrogen-bond acceptors (Lipinski definition) is 4. The number of carbonyl (C=O) groups is 2. The molecule has 0 aliphatic heterocycles. The Balaban J connectivity index is 1.98. The third kappa shape index (κ3) is 4.29. The lowest BCUT2D eigenvalue weighted by Crippen LogP contribution is -2.28. The summed E-state index contributed by atoms with van der Waals surface area (Å²) in [5.74, 6) is 0.123. The van der Waals surface area contributed by atoms with Crippen LogP contribution in [0.1, 0.15) is 41.4 Å². The summed E-state index contributed by atoms with van der Waals surface area (Å²) >= 11 is 1.41. The van der Waals surface area contributed by atoms with Crippen molar-refractivity contribution in [3.8, 4) is 0 Å². The molecule has 0 unspecified atom stereocenters. The number of thiazole rings is 1. The third-order valence-corrected chi connectivity index (χ3v) is 3.79. The highest BCUT2D eigenvalue weighted by Gasteiger charge is 2.10. The van der Waals surface area contributed by atoms with Gasteiger partial charge in [0.2, 0.25) is 0 Å². The van der Waals surface area contributed by atoms with Crippen LogP contribution in [0.25, 0.3) is 0 Å². The van der Waals surface area contributed by atoms with E-state index in [0.717, 1.165) is 11.3 Å². The van der Waals surface area contributed by atoms with E-state index in [1.165, 1.54) is 11.3 Å². The molecule has 0 aliphatic carbocycles. The second-order valence-corrected chi connectivity index (χ2v) is 5.96. The van der Waals surface area contributed by atoms with Gasteiger partial charge in [-0.1, -0.05) is 26.0 Å². The fraction of sp³-hybridized carbons (Fsp3) is 0.267. The molecule has 0 saturated carbocycles. The highest BCUT2D eigenvalue weighted by atomic mass is 32.1. The minimum atomic E-state index is -0.577. The van der Waals surface area contributed by atoms with Crippen LogP contribution in [-0.4, -0.2) is 16.9 Å². The number of carbonyl (C=O) groups excluding carboxylic acids is 2. The van der Waals surface area contributed by atoms with Gasteiger partial charge in [-0.2, -0.15) is 0 Å². The van der Waals surface area contributed by atoms with E-state index in [-0.39, 0.29) is 5.91 Å². The van der Waals surface area contributed by atoms with E-state index in [2.05, 4.69) is 29.5 Å². The summed E-state index contributed by atoms with van der Waals surface area (Å²) in [6, 6.07) is 6.36. The van der Waals surface area contributed by atoms with Gasteiger partial charge in [-0.05, 0) is 23.6 Å². The molecule has 0 bridgehead atoms. The van der Waals surface area contributed by atoms with Crippen LogP contribution in [-0.2, 0) is 6.54 Å². The highest BCUT2D eigenvalue weighted by molar-refractivity contribution is 7.14. The first kappa shape index (κ1) is 16.0. The Morgan fingerprint density at radius 2 is 1.95 bits per heavy atom. The van der Waals surface area contributed by atoms with Crippen molar-refractivity contribution < 1.29 is 9.59 Å². The molecule has 7 heteroatoms. The van der Waals surface area contributed by atoms with E-state index in [0.29, 0.717) is 23.2 Å². The van der Waals surface area contributed by atoms with Crippen molar-refractivity contribution in [2.75, 3.05) is 5.32 Å². The molecule has 0 aliphatic rings. The zero-order chi connectivity index (χ0) is 16.1. The number of nitrogens with two attached hydrogens (primary N) is 1. The topological polar surface area (TPSA) is 97.1 Å². The maximum absolute atomic E-state index is 12.1. The summed E-state index contributed by atoms with van der Waals surface area (Å²) in [4.78, 5) is 27.1. The Bertz CT molecular complexity index is 664. The molecule has 3 amide bonds. The molecule has 22 heavy (non-hydrogen) atoms. The Kier molecular flexibility index (Phi) is 5.11. The Morgan fingerprint density at radius 3 is 2.50 bits per heavy atom. The molecular weight excluding hydrogens is 300 g/mol. The predicted molar refractivity (Wildman–Crippen MR) is 87.0 cm³/mol. The maximum Gasteiger partial charge on any atom is 0.312 e. The van der Waals surface area contributed by atoms with Crippen LogP contribution in [0.15, 0.2) is 29.6 Å². The molecule has 4 N–H and O–H groups in total. The normalized spacial score (nSPS) is 10.5. The summed E-state index contributed by atoms with van der Waals surface area (Å²) in [5.41, 5.74) is 7.37. The molecule has 2 rings (SSSR count). The van der Waals surface area contributed by atoms with Crippen molar-refractivity contribution in [3.05, 3.63) is 46.5 Å². The molecule has 1 heterocycles. The summed E-state index contributed by atoms with van der Waals surface area (Å²) in [6.07, 6.45) is 0. The summed E-state index contributed by atoms with van der Waals surface area (Å²) in [7, 11) is 0. The molecule has 1 aromatic carbocycles. The van der Waals surface area contributed by atoms with Gasteiger partial charge in [0.15, 0.2) is 5.13 Å². The quantitative estimate of drug-likeness (QED) is 0.790. The average molecular weight is 318 g/mol. The van der Waals surface area contributed by atoms with Gasteiger partial charge in [0, 0.05) is 17.5 Å². The number of amides is 3. The van der Waals surface area contributed by atoms with Crippen molar-refractivity contribution in [1.82, 2.24) is 10.3 Å². The Hall–Kier alpha value is -2.41. The highest BCUT2D eigenvalue weighted by Crippen LogP contribution is 2.21. The van der Waals surface area contributed by atoms with E-state index in [1.807, 2.05) is 5.38 Å². The van der Waals surface area contributed by atoms with Crippen LogP contribution in [0.4, 0.5) is 9.93 Å². The van der Waals surface area contributed by atoms with Crippen LogP contribution in [0.3, 0.4) is 0 Å². The first-order valence-electron chi connectivity index (χ1n) is 6.84. The number of primary amides is 1. The largest absolute Gasteiger partial charge is 0.352 e. The monoisotopic (exact) mass is 318 g/mol. The Morgan fingerprint density at radius 1 is 1.27 bits per heavy atom. The lowest BCUT2D eigenvalue weighted by molar-refractivity contribution is 0.102. The Labute approximate surface area is 132 Å². The molecule has 1 aromatic heterocycles. The van der Waals surface area contributed by atoms with Gasteiger partial charge < -0.3 is 11.1 Å². The average Bonchev–Trinajstić information content (AvgIpc) is 2.94. The van der Waals surface area contributed by atoms with Gasteiger partial charge >= 0.3 is 6.03 Å². The molecule has 0 radical (unpaired) electrons. The lowest BCUT2D eigenvalue weighted by Gasteiger charge is -2.05. The SMILES string of the molecule is CC(C)c1csc(NC(=O)c2ccc(CNC(N)=O)cc2)n1. The van der Waals surface area contributed by atoms with Crippen molar-refractivity contribution in [2.24, 2.45) is 5.73 Å². The number of anilines is 1. The van der Waals surface area contributed by atoms with E-state index in [4.69, 9.17) is 5.73 Å². The lowest BCUT2D eigenvalue weighted by atomic mass is 10.1. The number of aromatic nitrogens is 1. The van der Waals surface area contributed by atoms with E-state index < -0.39 is 6.03 Å². The van der Waals surface area contributed by atoms with Crippen molar-refractivity contribution in [2.45, 2.75) is 26.3 Å². The van der Waals surface area contributed by atoms with Crippen LogP contribution >= 0.6 is 11.3 Å². The first-order valence-corrected chi connectivity index (χ1v) is 7.72. The standard InChI is InChI=1S/C15H18N4O2S/c1-9(2)12-8-22-15(18-12)19-13(20)11-5-3-10(4-6-11)7-17-14(16)21/h3-6,8-9H,7H2,1-2H3,(H3,16,17,21)(H,18,19,20).